The lowest BCUT2D eigenvalue weighted by atomic mass is 10.2. The highest BCUT2D eigenvalue weighted by molar-refractivity contribution is 5.33. The number of methoxy groups -OCH3 is 1. The Morgan fingerprint density at radius 1 is 1.47 bits per heavy atom. The quantitative estimate of drug-likeness (QED) is 0.798. The minimum atomic E-state index is -0.0880. The van der Waals surface area contributed by atoms with Crippen molar-refractivity contribution in [3.8, 4) is 11.8 Å². The molecule has 1 atom stereocenters. The fourth-order valence-corrected chi connectivity index (χ4v) is 1.36. The summed E-state index contributed by atoms with van der Waals surface area (Å²) in [5.41, 5.74) is 1.08. The highest BCUT2D eigenvalue weighted by Gasteiger charge is 2.05. The molecule has 1 rings (SSSR count). The van der Waals surface area contributed by atoms with Gasteiger partial charge >= 0.3 is 0 Å². The van der Waals surface area contributed by atoms with Crippen LogP contribution >= 0.6 is 0 Å². The standard InChI is InChI=1S/C12H16N2O/c1-3-11(8-13)14-9-10-6-4-5-7-12(10)15-2/h4-7,11,14H,3,9H2,1-2H3. The van der Waals surface area contributed by atoms with Crippen molar-refractivity contribution in [2.24, 2.45) is 0 Å². The minimum Gasteiger partial charge on any atom is -0.496 e. The Bertz CT molecular complexity index is 344. The number of hydrogen-bond acceptors (Lipinski definition) is 3. The highest BCUT2D eigenvalue weighted by atomic mass is 16.5. The molecule has 0 aliphatic carbocycles. The van der Waals surface area contributed by atoms with Gasteiger partial charge in [0.1, 0.15) is 5.75 Å². The Morgan fingerprint density at radius 2 is 2.20 bits per heavy atom. The maximum Gasteiger partial charge on any atom is 0.123 e. The fourth-order valence-electron chi connectivity index (χ4n) is 1.36. The third-order valence-corrected chi connectivity index (χ3v) is 2.30. The number of hydrogen-bond donors (Lipinski definition) is 1. The monoisotopic (exact) mass is 204 g/mol. The molecule has 0 radical (unpaired) electrons. The Labute approximate surface area is 90.7 Å². The lowest BCUT2D eigenvalue weighted by Gasteiger charge is -2.11. The Morgan fingerprint density at radius 3 is 2.80 bits per heavy atom. The van der Waals surface area contributed by atoms with Gasteiger partial charge in [0.25, 0.3) is 0 Å². The molecule has 3 heteroatoms. The molecule has 1 aromatic rings. The Balaban J connectivity index is 2.61. The first-order valence-electron chi connectivity index (χ1n) is 5.06. The first-order valence-corrected chi connectivity index (χ1v) is 5.06. The molecule has 0 bridgehead atoms. The number of nitrogens with one attached hydrogen (secondary N) is 1. The average molecular weight is 204 g/mol. The number of para-hydroxylation sites is 1. The van der Waals surface area contributed by atoms with Crippen molar-refractivity contribution in [1.82, 2.24) is 5.32 Å². The molecule has 0 heterocycles. The van der Waals surface area contributed by atoms with Crippen LogP contribution in [0.1, 0.15) is 18.9 Å². The molecule has 1 N–H and O–H groups in total. The second-order valence-electron chi connectivity index (χ2n) is 3.28. The smallest absolute Gasteiger partial charge is 0.123 e. The van der Waals surface area contributed by atoms with Gasteiger partial charge in [0.2, 0.25) is 0 Å². The molecule has 0 aliphatic heterocycles. The van der Waals surface area contributed by atoms with Gasteiger partial charge in [-0.25, -0.2) is 0 Å². The van der Waals surface area contributed by atoms with Crippen molar-refractivity contribution < 1.29 is 4.74 Å². The van der Waals surface area contributed by atoms with Crippen LogP contribution in [0.3, 0.4) is 0 Å². The van der Waals surface area contributed by atoms with Crippen LogP contribution in [0, 0.1) is 11.3 Å². The first kappa shape index (κ1) is 11.5. The van der Waals surface area contributed by atoms with Crippen molar-refractivity contribution in [2.75, 3.05) is 7.11 Å². The largest absolute Gasteiger partial charge is 0.496 e. The molecule has 0 saturated heterocycles. The molecule has 1 aromatic carbocycles. The number of ether oxygens (including phenoxy) is 1. The first-order chi connectivity index (χ1) is 7.31. The van der Waals surface area contributed by atoms with Crippen LogP contribution in [0.4, 0.5) is 0 Å². The summed E-state index contributed by atoms with van der Waals surface area (Å²) in [6.45, 7) is 2.65. The molecule has 0 saturated carbocycles. The predicted octanol–water partition coefficient (Wildman–Crippen LogP) is 2.09. The number of nitriles is 1. The van der Waals surface area contributed by atoms with Crippen LogP contribution < -0.4 is 10.1 Å². The average Bonchev–Trinajstić information content (AvgIpc) is 2.31. The van der Waals surface area contributed by atoms with Crippen LogP contribution in [-0.4, -0.2) is 13.2 Å². The Hall–Kier alpha value is -1.53. The zero-order valence-electron chi connectivity index (χ0n) is 9.16. The third-order valence-electron chi connectivity index (χ3n) is 2.30. The second-order valence-corrected chi connectivity index (χ2v) is 3.28. The van der Waals surface area contributed by atoms with E-state index in [9.17, 15) is 0 Å². The van der Waals surface area contributed by atoms with E-state index in [1.165, 1.54) is 0 Å². The number of nitrogens with zero attached hydrogens (tertiary/aromatic N) is 1. The van der Waals surface area contributed by atoms with Crippen LogP contribution in [0.15, 0.2) is 24.3 Å². The van der Waals surface area contributed by atoms with E-state index in [4.69, 9.17) is 10.00 Å². The van der Waals surface area contributed by atoms with Crippen LogP contribution in [0.5, 0.6) is 5.75 Å². The number of rotatable bonds is 5. The zero-order chi connectivity index (χ0) is 11.1. The summed E-state index contributed by atoms with van der Waals surface area (Å²) in [4.78, 5) is 0. The van der Waals surface area contributed by atoms with E-state index in [1.54, 1.807) is 7.11 Å². The minimum absolute atomic E-state index is 0.0880. The summed E-state index contributed by atoms with van der Waals surface area (Å²) >= 11 is 0. The molecule has 1 unspecified atom stereocenters. The molecular weight excluding hydrogens is 188 g/mol. The lowest BCUT2D eigenvalue weighted by molar-refractivity contribution is 0.406. The van der Waals surface area contributed by atoms with Crippen molar-refractivity contribution in [1.29, 1.82) is 5.26 Å². The van der Waals surface area contributed by atoms with Gasteiger partial charge in [0, 0.05) is 12.1 Å². The van der Waals surface area contributed by atoms with Crippen molar-refractivity contribution in [3.63, 3.8) is 0 Å². The topological polar surface area (TPSA) is 45.0 Å². The molecule has 15 heavy (non-hydrogen) atoms. The van der Waals surface area contributed by atoms with Gasteiger partial charge in [-0.1, -0.05) is 25.1 Å². The summed E-state index contributed by atoms with van der Waals surface area (Å²) in [5, 5.41) is 12.0. The number of benzene rings is 1. The molecule has 0 amide bonds. The normalized spacial score (nSPS) is 11.8. The van der Waals surface area contributed by atoms with E-state index in [1.807, 2.05) is 31.2 Å². The van der Waals surface area contributed by atoms with E-state index in [2.05, 4.69) is 11.4 Å². The van der Waals surface area contributed by atoms with Crippen LogP contribution in [0.25, 0.3) is 0 Å². The van der Waals surface area contributed by atoms with E-state index in [-0.39, 0.29) is 6.04 Å². The van der Waals surface area contributed by atoms with Crippen molar-refractivity contribution in [3.05, 3.63) is 29.8 Å². The molecular formula is C12H16N2O. The van der Waals surface area contributed by atoms with Crippen molar-refractivity contribution in [2.45, 2.75) is 25.9 Å². The second kappa shape index (κ2) is 6.05. The molecule has 0 spiro atoms. The SMILES string of the molecule is CCC(C#N)NCc1ccccc1OC. The molecule has 0 aromatic heterocycles. The van der Waals surface area contributed by atoms with Gasteiger partial charge in [-0.15, -0.1) is 0 Å². The third kappa shape index (κ3) is 3.26. The summed E-state index contributed by atoms with van der Waals surface area (Å²) in [5.74, 6) is 0.859. The maximum absolute atomic E-state index is 8.79. The predicted molar refractivity (Wildman–Crippen MR) is 59.5 cm³/mol. The van der Waals surface area contributed by atoms with Gasteiger partial charge in [0.05, 0.1) is 19.2 Å². The van der Waals surface area contributed by atoms with Gasteiger partial charge in [-0.05, 0) is 12.5 Å². The Kier molecular flexibility index (Phi) is 4.65. The summed E-state index contributed by atoms with van der Waals surface area (Å²) in [6.07, 6.45) is 0.811. The van der Waals surface area contributed by atoms with Crippen LogP contribution in [0.2, 0.25) is 0 Å². The van der Waals surface area contributed by atoms with Gasteiger partial charge < -0.3 is 4.74 Å². The van der Waals surface area contributed by atoms with Gasteiger partial charge in [-0.2, -0.15) is 5.26 Å². The zero-order valence-corrected chi connectivity index (χ0v) is 9.16. The fraction of sp³-hybridized carbons (Fsp3) is 0.417. The van der Waals surface area contributed by atoms with Crippen molar-refractivity contribution >= 4 is 0 Å². The highest BCUT2D eigenvalue weighted by Crippen LogP contribution is 2.16. The molecule has 0 fully saturated rings. The summed E-state index contributed by atoms with van der Waals surface area (Å²) < 4.78 is 5.22. The summed E-state index contributed by atoms with van der Waals surface area (Å²) in [6, 6.07) is 9.94. The van der Waals surface area contributed by atoms with Gasteiger partial charge in [-0.3, -0.25) is 5.32 Å². The van der Waals surface area contributed by atoms with E-state index in [0.29, 0.717) is 6.54 Å². The van der Waals surface area contributed by atoms with Gasteiger partial charge in [0.15, 0.2) is 0 Å². The molecule has 80 valence electrons. The van der Waals surface area contributed by atoms with E-state index in [0.717, 1.165) is 17.7 Å². The summed E-state index contributed by atoms with van der Waals surface area (Å²) in [7, 11) is 1.65. The lowest BCUT2D eigenvalue weighted by Crippen LogP contribution is -2.26. The van der Waals surface area contributed by atoms with E-state index >= 15 is 0 Å². The van der Waals surface area contributed by atoms with Crippen LogP contribution in [-0.2, 0) is 6.54 Å². The molecule has 3 nitrogen and oxygen atoms in total. The molecule has 0 aliphatic rings. The maximum atomic E-state index is 8.79. The van der Waals surface area contributed by atoms with E-state index < -0.39 is 0 Å².